The number of aliphatic imine (C=N–C) groups is 2. The Kier molecular flexibility index (Phi) is 11.7. The Balaban J connectivity index is 0. The summed E-state index contributed by atoms with van der Waals surface area (Å²) in [6.45, 7) is 0. The van der Waals surface area contributed by atoms with Crippen molar-refractivity contribution in [2.45, 2.75) is 0 Å². The summed E-state index contributed by atoms with van der Waals surface area (Å²) in [4.78, 5) is 8.49. The van der Waals surface area contributed by atoms with Crippen LogP contribution in [0.4, 0.5) is 11.4 Å². The maximum Gasteiger partial charge on any atom is 2.00 e. The van der Waals surface area contributed by atoms with Crippen molar-refractivity contribution in [3.8, 4) is 0 Å². The molecule has 0 heterocycles. The van der Waals surface area contributed by atoms with Crippen molar-refractivity contribution in [3.05, 3.63) is 75.5 Å². The molecular weight excluding hydrogens is 279 g/mol. The molecule has 0 unspecified atom stereocenters. The van der Waals surface area contributed by atoms with Crippen LogP contribution in [-0.4, -0.2) is 12.4 Å². The van der Waals surface area contributed by atoms with Gasteiger partial charge in [-0.05, 0) is 24.3 Å². The average molecular weight is 297 g/mol. The van der Waals surface area contributed by atoms with Gasteiger partial charge < -0.3 is 14.9 Å². The number of para-hydroxylation sites is 2. The Morgan fingerprint density at radius 3 is 1.21 bits per heavy atom. The normalized spacial score (nSPS) is 9.47. The molecule has 0 spiro atoms. The van der Waals surface area contributed by atoms with Crippen molar-refractivity contribution in [3.63, 3.8) is 0 Å². The average Bonchev–Trinajstić information content (AvgIpc) is 2.37. The van der Waals surface area contributed by atoms with Gasteiger partial charge in [-0.25, -0.2) is 0 Å². The molecule has 102 valence electrons. The first kappa shape index (κ1) is 19.6. The van der Waals surface area contributed by atoms with Crippen LogP contribution in [0.5, 0.6) is 0 Å². The van der Waals surface area contributed by atoms with Crippen LogP contribution in [0.1, 0.15) is 0 Å². The minimum Gasteiger partial charge on any atom is -0.358 e. The molecule has 2 nitrogen and oxygen atoms in total. The van der Waals surface area contributed by atoms with E-state index >= 15 is 0 Å². The van der Waals surface area contributed by atoms with E-state index in [2.05, 4.69) is 9.98 Å². The topological polar surface area (TPSA) is 24.7 Å². The monoisotopic (exact) mass is 296 g/mol. The standard InChI is InChI=1S/C14H12N2.2CH3.Ni/c1-3-7-13(8-4-1)15-11-12-16-14-9-5-2-6-10-14;;;/h1-12H;2*1H3;/q;2*-1;+2. The largest absolute Gasteiger partial charge is 2.00 e. The fraction of sp³-hybridized carbons (Fsp3) is 0. The van der Waals surface area contributed by atoms with E-state index in [1.165, 1.54) is 0 Å². The Morgan fingerprint density at radius 1 is 0.579 bits per heavy atom. The molecule has 0 aromatic heterocycles. The maximum atomic E-state index is 4.25. The second-order valence-electron chi connectivity index (χ2n) is 3.23. The summed E-state index contributed by atoms with van der Waals surface area (Å²) in [5.74, 6) is 0. The van der Waals surface area contributed by atoms with Crippen molar-refractivity contribution in [1.29, 1.82) is 0 Å². The molecule has 2 rings (SSSR count). The van der Waals surface area contributed by atoms with Crippen LogP contribution in [0.15, 0.2) is 70.6 Å². The van der Waals surface area contributed by atoms with E-state index in [4.69, 9.17) is 0 Å². The van der Waals surface area contributed by atoms with Crippen molar-refractivity contribution in [2.75, 3.05) is 0 Å². The van der Waals surface area contributed by atoms with Gasteiger partial charge >= 0.3 is 16.5 Å². The first-order chi connectivity index (χ1) is 7.95. The van der Waals surface area contributed by atoms with E-state index in [0.717, 1.165) is 11.4 Å². The van der Waals surface area contributed by atoms with Crippen LogP contribution in [0.2, 0.25) is 0 Å². The number of rotatable bonds is 3. The zero-order chi connectivity index (χ0) is 11.1. The van der Waals surface area contributed by atoms with Crippen molar-refractivity contribution >= 4 is 23.8 Å². The predicted octanol–water partition coefficient (Wildman–Crippen LogP) is 4.69. The molecule has 0 aliphatic rings. The molecule has 0 N–H and O–H groups in total. The first-order valence-corrected chi connectivity index (χ1v) is 5.12. The molecule has 0 saturated heterocycles. The summed E-state index contributed by atoms with van der Waals surface area (Å²) in [6, 6.07) is 19.6. The Bertz CT molecular complexity index is 431. The molecule has 0 saturated carbocycles. The molecule has 0 aliphatic heterocycles. The number of benzene rings is 2. The Labute approximate surface area is 126 Å². The number of hydrogen-bond acceptors (Lipinski definition) is 2. The molecule has 0 atom stereocenters. The van der Waals surface area contributed by atoms with Gasteiger partial charge in [0, 0.05) is 12.4 Å². The number of hydrogen-bond donors (Lipinski definition) is 0. The quantitative estimate of drug-likeness (QED) is 0.446. The van der Waals surface area contributed by atoms with Gasteiger partial charge in [0.2, 0.25) is 0 Å². The van der Waals surface area contributed by atoms with Gasteiger partial charge in [-0.1, -0.05) is 36.4 Å². The van der Waals surface area contributed by atoms with E-state index < -0.39 is 0 Å². The molecule has 0 radical (unpaired) electrons. The van der Waals surface area contributed by atoms with Crippen LogP contribution in [0.3, 0.4) is 0 Å². The molecule has 0 aliphatic carbocycles. The van der Waals surface area contributed by atoms with Crippen molar-refractivity contribution in [1.82, 2.24) is 0 Å². The van der Waals surface area contributed by atoms with Gasteiger partial charge in [-0.3, -0.25) is 9.98 Å². The molecular formula is C16H18N2Ni. The van der Waals surface area contributed by atoms with E-state index in [1.807, 2.05) is 60.7 Å². The minimum atomic E-state index is 0. The Hall–Kier alpha value is -1.73. The fourth-order valence-corrected chi connectivity index (χ4v) is 1.27. The zero-order valence-corrected chi connectivity index (χ0v) is 12.1. The second kappa shape index (κ2) is 11.4. The van der Waals surface area contributed by atoms with Crippen LogP contribution in [0.25, 0.3) is 0 Å². The van der Waals surface area contributed by atoms with Crippen LogP contribution in [0, 0.1) is 14.9 Å². The zero-order valence-electron chi connectivity index (χ0n) is 11.1. The van der Waals surface area contributed by atoms with Crippen molar-refractivity contribution < 1.29 is 16.5 Å². The van der Waals surface area contributed by atoms with Crippen LogP contribution >= 0.6 is 0 Å². The van der Waals surface area contributed by atoms with Gasteiger partial charge in [-0.15, -0.1) is 0 Å². The van der Waals surface area contributed by atoms with Crippen LogP contribution in [-0.2, 0) is 16.5 Å². The van der Waals surface area contributed by atoms with Gasteiger partial charge in [0.05, 0.1) is 11.4 Å². The third kappa shape index (κ3) is 7.33. The molecule has 0 bridgehead atoms. The van der Waals surface area contributed by atoms with E-state index in [1.54, 1.807) is 12.4 Å². The summed E-state index contributed by atoms with van der Waals surface area (Å²) in [5, 5.41) is 0. The van der Waals surface area contributed by atoms with Gasteiger partial charge in [0.15, 0.2) is 0 Å². The van der Waals surface area contributed by atoms with E-state index in [0.29, 0.717) is 0 Å². The minimum absolute atomic E-state index is 0. The molecule has 19 heavy (non-hydrogen) atoms. The maximum absolute atomic E-state index is 4.25. The Morgan fingerprint density at radius 2 is 0.895 bits per heavy atom. The van der Waals surface area contributed by atoms with Gasteiger partial charge in [-0.2, -0.15) is 0 Å². The second-order valence-corrected chi connectivity index (χ2v) is 3.23. The predicted molar refractivity (Wildman–Crippen MR) is 82.0 cm³/mol. The summed E-state index contributed by atoms with van der Waals surface area (Å²) in [5.41, 5.74) is 1.86. The van der Waals surface area contributed by atoms with E-state index in [-0.39, 0.29) is 31.3 Å². The summed E-state index contributed by atoms with van der Waals surface area (Å²) in [6.07, 6.45) is 3.39. The van der Waals surface area contributed by atoms with E-state index in [9.17, 15) is 0 Å². The molecule has 0 fully saturated rings. The third-order valence-electron chi connectivity index (χ3n) is 2.03. The molecule has 3 heteroatoms. The molecule has 0 amide bonds. The van der Waals surface area contributed by atoms with Gasteiger partial charge in [0.25, 0.3) is 0 Å². The fourth-order valence-electron chi connectivity index (χ4n) is 1.27. The van der Waals surface area contributed by atoms with Crippen LogP contribution < -0.4 is 0 Å². The SMILES string of the molecule is C(C=Nc1ccccc1)=Nc1ccccc1.[CH3-].[CH3-].[Ni+2]. The first-order valence-electron chi connectivity index (χ1n) is 5.12. The summed E-state index contributed by atoms with van der Waals surface area (Å²) >= 11 is 0. The smallest absolute Gasteiger partial charge is 0.358 e. The molecule has 2 aromatic carbocycles. The molecule has 2 aromatic rings. The number of nitrogens with zero attached hydrogens (tertiary/aromatic N) is 2. The summed E-state index contributed by atoms with van der Waals surface area (Å²) in [7, 11) is 0. The van der Waals surface area contributed by atoms with Gasteiger partial charge in [0.1, 0.15) is 0 Å². The van der Waals surface area contributed by atoms with Crippen molar-refractivity contribution in [2.24, 2.45) is 9.98 Å². The summed E-state index contributed by atoms with van der Waals surface area (Å²) < 4.78 is 0. The third-order valence-corrected chi connectivity index (χ3v) is 2.03.